The van der Waals surface area contributed by atoms with Crippen LogP contribution < -0.4 is 5.32 Å². The van der Waals surface area contributed by atoms with Crippen LogP contribution in [0, 0.1) is 10.8 Å². The van der Waals surface area contributed by atoms with Crippen LogP contribution in [-0.2, 0) is 9.59 Å². The molecule has 5 heteroatoms. The van der Waals surface area contributed by atoms with E-state index in [0.29, 0.717) is 5.70 Å². The summed E-state index contributed by atoms with van der Waals surface area (Å²) >= 11 is 1.22. The first kappa shape index (κ1) is 19.7. The Hall–Kier alpha value is -1.59. The Morgan fingerprint density at radius 3 is 2.28 bits per heavy atom. The number of hydrogen-bond donors (Lipinski definition) is 2. The number of Topliss-reactive ketones (excluding diaryl/α,β-unsaturated/α-hetero) is 1. The zero-order chi connectivity index (χ0) is 19.0. The van der Waals surface area contributed by atoms with Gasteiger partial charge in [0.15, 0.2) is 10.7 Å². The average molecular weight is 362 g/mol. The van der Waals surface area contributed by atoms with Crippen LogP contribution in [0.25, 0.3) is 0 Å². The lowest BCUT2D eigenvalue weighted by Crippen LogP contribution is -2.40. The van der Waals surface area contributed by atoms with Crippen molar-refractivity contribution in [3.63, 3.8) is 0 Å². The summed E-state index contributed by atoms with van der Waals surface area (Å²) < 4.78 is 0. The van der Waals surface area contributed by atoms with Gasteiger partial charge in [0.25, 0.3) is 0 Å². The molecule has 0 bridgehead atoms. The van der Waals surface area contributed by atoms with Crippen molar-refractivity contribution in [2.45, 2.75) is 57.8 Å². The number of allylic oxidation sites excluding steroid dienone is 1. The van der Waals surface area contributed by atoms with E-state index in [4.69, 9.17) is 0 Å². The van der Waals surface area contributed by atoms with Crippen LogP contribution in [0.15, 0.2) is 40.9 Å². The Balaban J connectivity index is 2.47. The fourth-order valence-corrected chi connectivity index (χ4v) is 3.41. The van der Waals surface area contributed by atoms with Crippen LogP contribution in [0.4, 0.5) is 5.69 Å². The second-order valence-corrected chi connectivity index (χ2v) is 9.85. The third kappa shape index (κ3) is 4.53. The molecule has 25 heavy (non-hydrogen) atoms. The standard InChI is InChI=1S/C20H27NO3S/c1-18(2,3)16(22)11-15-20(24,12-17(23)19(4,5)6)25-14-10-8-7-9-13(14)21-15/h7-11,21,24H,12H2,1-6H3/t20-/m0/s1. The third-order valence-corrected chi connectivity index (χ3v) is 5.39. The highest BCUT2D eigenvalue weighted by Crippen LogP contribution is 2.48. The molecular weight excluding hydrogens is 334 g/mol. The van der Waals surface area contributed by atoms with Crippen molar-refractivity contribution in [2.24, 2.45) is 10.8 Å². The van der Waals surface area contributed by atoms with Crippen LogP contribution >= 0.6 is 11.8 Å². The molecule has 0 saturated heterocycles. The van der Waals surface area contributed by atoms with Gasteiger partial charge in [-0.2, -0.15) is 0 Å². The number of benzene rings is 1. The van der Waals surface area contributed by atoms with E-state index in [1.54, 1.807) is 0 Å². The van der Waals surface area contributed by atoms with Gasteiger partial charge in [-0.05, 0) is 12.1 Å². The summed E-state index contributed by atoms with van der Waals surface area (Å²) in [6.07, 6.45) is 1.38. The van der Waals surface area contributed by atoms with Gasteiger partial charge in [0.1, 0.15) is 5.78 Å². The summed E-state index contributed by atoms with van der Waals surface area (Å²) in [5.74, 6) is -0.158. The second kappa shape index (κ2) is 6.61. The van der Waals surface area contributed by atoms with E-state index < -0.39 is 15.8 Å². The number of rotatable bonds is 3. The average Bonchev–Trinajstić information content (AvgIpc) is 2.45. The smallest absolute Gasteiger partial charge is 0.162 e. The van der Waals surface area contributed by atoms with Gasteiger partial charge in [0.05, 0.1) is 17.8 Å². The molecule has 0 aromatic heterocycles. The lowest BCUT2D eigenvalue weighted by molar-refractivity contribution is -0.128. The van der Waals surface area contributed by atoms with E-state index in [0.717, 1.165) is 10.6 Å². The van der Waals surface area contributed by atoms with Gasteiger partial charge in [0.2, 0.25) is 0 Å². The number of aliphatic hydroxyl groups is 1. The monoisotopic (exact) mass is 361 g/mol. The molecule has 1 aliphatic heterocycles. The summed E-state index contributed by atoms with van der Waals surface area (Å²) in [6, 6.07) is 7.56. The topological polar surface area (TPSA) is 66.4 Å². The Bertz CT molecular complexity index is 725. The summed E-state index contributed by atoms with van der Waals surface area (Å²) in [7, 11) is 0. The molecule has 1 aromatic rings. The molecule has 2 N–H and O–H groups in total. The SMILES string of the molecule is CC(C)(C)C(=O)C=C1Nc2ccccc2S[C@@]1(O)CC(=O)C(C)(C)C. The quantitative estimate of drug-likeness (QED) is 0.781. The Morgan fingerprint density at radius 1 is 1.12 bits per heavy atom. The van der Waals surface area contributed by atoms with Crippen LogP contribution in [0.1, 0.15) is 48.0 Å². The Kier molecular flexibility index (Phi) is 5.22. The minimum absolute atomic E-state index is 0.0576. The first-order valence-electron chi connectivity index (χ1n) is 8.40. The Morgan fingerprint density at radius 2 is 1.72 bits per heavy atom. The molecule has 0 unspecified atom stereocenters. The first-order chi connectivity index (χ1) is 11.3. The number of hydrogen-bond acceptors (Lipinski definition) is 5. The molecule has 0 spiro atoms. The van der Waals surface area contributed by atoms with Crippen LogP contribution in [0.5, 0.6) is 0 Å². The zero-order valence-corrected chi connectivity index (χ0v) is 16.6. The predicted octanol–water partition coefficient (Wildman–Crippen LogP) is 4.40. The number of nitrogens with one attached hydrogen (secondary N) is 1. The van der Waals surface area contributed by atoms with Crippen LogP contribution in [0.3, 0.4) is 0 Å². The molecule has 1 heterocycles. The summed E-state index contributed by atoms with van der Waals surface area (Å²) in [5, 5.41) is 14.4. The molecule has 1 atom stereocenters. The predicted molar refractivity (Wildman–Crippen MR) is 102 cm³/mol. The van der Waals surface area contributed by atoms with Gasteiger partial charge >= 0.3 is 0 Å². The van der Waals surface area contributed by atoms with E-state index >= 15 is 0 Å². The maximum atomic E-state index is 12.6. The largest absolute Gasteiger partial charge is 0.373 e. The maximum absolute atomic E-state index is 12.6. The van der Waals surface area contributed by atoms with E-state index in [-0.39, 0.29) is 18.0 Å². The van der Waals surface area contributed by atoms with Crippen molar-refractivity contribution in [3.8, 4) is 0 Å². The van der Waals surface area contributed by atoms with Gasteiger partial charge in [-0.15, -0.1) is 0 Å². The molecule has 0 fully saturated rings. The van der Waals surface area contributed by atoms with Gasteiger partial charge in [-0.3, -0.25) is 9.59 Å². The lowest BCUT2D eigenvalue weighted by atomic mass is 9.86. The highest BCUT2D eigenvalue weighted by atomic mass is 32.2. The molecule has 136 valence electrons. The van der Waals surface area contributed by atoms with Crippen molar-refractivity contribution in [3.05, 3.63) is 36.0 Å². The van der Waals surface area contributed by atoms with Crippen molar-refractivity contribution in [1.29, 1.82) is 0 Å². The number of para-hydroxylation sites is 1. The van der Waals surface area contributed by atoms with Gasteiger partial charge < -0.3 is 10.4 Å². The molecule has 1 aromatic carbocycles. The van der Waals surface area contributed by atoms with Crippen LogP contribution in [-0.4, -0.2) is 21.6 Å². The molecule has 1 aliphatic rings. The zero-order valence-electron chi connectivity index (χ0n) is 15.8. The molecule has 4 nitrogen and oxygen atoms in total. The minimum atomic E-state index is -1.49. The molecule has 0 saturated carbocycles. The number of thioether (sulfide) groups is 1. The molecule has 0 aliphatic carbocycles. The van der Waals surface area contributed by atoms with Crippen molar-refractivity contribution < 1.29 is 14.7 Å². The highest BCUT2D eigenvalue weighted by molar-refractivity contribution is 8.01. The summed E-state index contributed by atoms with van der Waals surface area (Å²) in [5.41, 5.74) is 0.0690. The van der Waals surface area contributed by atoms with Gasteiger partial charge in [-0.1, -0.05) is 65.4 Å². The fourth-order valence-electron chi connectivity index (χ4n) is 2.25. The second-order valence-electron chi connectivity index (χ2n) is 8.53. The molecular formula is C20H27NO3S. The fraction of sp³-hybridized carbons (Fsp3) is 0.500. The molecule has 0 radical (unpaired) electrons. The van der Waals surface area contributed by atoms with Gasteiger partial charge in [-0.25, -0.2) is 0 Å². The summed E-state index contributed by atoms with van der Waals surface area (Å²) in [6.45, 7) is 11.0. The molecule has 0 amide bonds. The van der Waals surface area contributed by atoms with Crippen molar-refractivity contribution >= 4 is 29.0 Å². The van der Waals surface area contributed by atoms with Gasteiger partial charge in [0, 0.05) is 21.8 Å². The van der Waals surface area contributed by atoms with E-state index in [1.165, 1.54) is 17.8 Å². The Labute approximate surface area is 154 Å². The van der Waals surface area contributed by atoms with Crippen molar-refractivity contribution in [1.82, 2.24) is 0 Å². The maximum Gasteiger partial charge on any atom is 0.162 e. The van der Waals surface area contributed by atoms with E-state index in [2.05, 4.69) is 5.32 Å². The number of ketones is 2. The number of carbonyl (C=O) groups is 2. The minimum Gasteiger partial charge on any atom is -0.373 e. The van der Waals surface area contributed by atoms with E-state index in [9.17, 15) is 14.7 Å². The molecule has 2 rings (SSSR count). The third-order valence-electron chi connectivity index (χ3n) is 4.11. The number of fused-ring (bicyclic) bond motifs is 1. The first-order valence-corrected chi connectivity index (χ1v) is 9.22. The van der Waals surface area contributed by atoms with Crippen molar-refractivity contribution in [2.75, 3.05) is 5.32 Å². The highest BCUT2D eigenvalue weighted by Gasteiger charge is 2.42. The van der Waals surface area contributed by atoms with E-state index in [1.807, 2.05) is 65.8 Å². The number of carbonyl (C=O) groups excluding carboxylic acids is 2. The normalized spacial score (nSPS) is 22.3. The number of anilines is 1. The van der Waals surface area contributed by atoms with Crippen LogP contribution in [0.2, 0.25) is 0 Å². The summed E-state index contributed by atoms with van der Waals surface area (Å²) in [4.78, 5) is 24.4. The lowest BCUT2D eigenvalue weighted by Gasteiger charge is -2.37.